The van der Waals surface area contributed by atoms with Crippen LogP contribution >= 0.6 is 23.1 Å². The van der Waals surface area contributed by atoms with Crippen LogP contribution in [0.2, 0.25) is 0 Å². The zero-order chi connectivity index (χ0) is 23.6. The van der Waals surface area contributed by atoms with Gasteiger partial charge in [-0.15, -0.1) is 24.5 Å². The number of carbonyl (C=O) groups excluding carboxylic acids is 2. The largest absolute Gasteiger partial charge is 0.573 e. The summed E-state index contributed by atoms with van der Waals surface area (Å²) in [6.45, 7) is -0.204. The van der Waals surface area contributed by atoms with Crippen molar-refractivity contribution in [2.75, 3.05) is 24.7 Å². The standard InChI is InChI=1S/C22H20F3N3O3S2/c1-27(12-18(29)26-14-4-6-15(7-5-14)31-22(23,24)25)20(30)19-16-8-11-32-13-17(16)33-21(19)28-9-2-3-10-28/h2-7,9-10H,8,11-13H2,1H3,(H,26,29). The first-order chi connectivity index (χ1) is 15.7. The number of amides is 2. The minimum absolute atomic E-state index is 0.204. The van der Waals surface area contributed by atoms with Crippen molar-refractivity contribution < 1.29 is 27.5 Å². The molecule has 1 aromatic carbocycles. The molecule has 33 heavy (non-hydrogen) atoms. The number of fused-ring (bicyclic) bond motifs is 1. The third-order valence-corrected chi connectivity index (χ3v) is 7.37. The van der Waals surface area contributed by atoms with Crippen LogP contribution in [0.4, 0.5) is 18.9 Å². The summed E-state index contributed by atoms with van der Waals surface area (Å²) >= 11 is 3.43. The highest BCUT2D eigenvalue weighted by molar-refractivity contribution is 7.98. The predicted molar refractivity (Wildman–Crippen MR) is 122 cm³/mol. The predicted octanol–water partition coefficient (Wildman–Crippen LogP) is 4.94. The number of alkyl halides is 3. The van der Waals surface area contributed by atoms with Gasteiger partial charge in [0.2, 0.25) is 5.91 Å². The summed E-state index contributed by atoms with van der Waals surface area (Å²) in [5, 5.41) is 3.43. The van der Waals surface area contributed by atoms with Gasteiger partial charge in [-0.25, -0.2) is 0 Å². The van der Waals surface area contributed by atoms with Crippen LogP contribution in [-0.4, -0.2) is 47.0 Å². The van der Waals surface area contributed by atoms with E-state index < -0.39 is 12.3 Å². The Balaban J connectivity index is 1.46. The topological polar surface area (TPSA) is 63.6 Å². The van der Waals surface area contributed by atoms with E-state index in [1.165, 1.54) is 21.9 Å². The number of nitrogens with one attached hydrogen (secondary N) is 1. The van der Waals surface area contributed by atoms with E-state index in [-0.39, 0.29) is 18.2 Å². The van der Waals surface area contributed by atoms with E-state index in [1.54, 1.807) is 18.4 Å². The number of carbonyl (C=O) groups is 2. The quantitative estimate of drug-likeness (QED) is 0.526. The van der Waals surface area contributed by atoms with Gasteiger partial charge in [-0.3, -0.25) is 9.59 Å². The molecule has 0 radical (unpaired) electrons. The first kappa shape index (κ1) is 23.2. The van der Waals surface area contributed by atoms with Crippen LogP contribution < -0.4 is 10.1 Å². The maximum absolute atomic E-state index is 13.4. The molecule has 1 aliphatic heterocycles. The lowest BCUT2D eigenvalue weighted by Crippen LogP contribution is -2.35. The first-order valence-corrected chi connectivity index (χ1v) is 11.9. The minimum Gasteiger partial charge on any atom is -0.406 e. The van der Waals surface area contributed by atoms with Crippen LogP contribution in [0.15, 0.2) is 48.8 Å². The molecule has 2 amide bonds. The van der Waals surface area contributed by atoms with Gasteiger partial charge in [-0.1, -0.05) is 0 Å². The third-order valence-electron chi connectivity index (χ3n) is 4.95. The summed E-state index contributed by atoms with van der Waals surface area (Å²) in [6.07, 6.45) is -0.210. The molecule has 0 unspecified atom stereocenters. The Hall–Kier alpha value is -2.92. The normalized spacial score (nSPS) is 13.3. The summed E-state index contributed by atoms with van der Waals surface area (Å²) in [5.74, 6) is 0.711. The van der Waals surface area contributed by atoms with Crippen molar-refractivity contribution in [3.63, 3.8) is 0 Å². The van der Waals surface area contributed by atoms with E-state index in [2.05, 4.69) is 10.1 Å². The molecule has 0 bridgehead atoms. The molecule has 4 rings (SSSR count). The SMILES string of the molecule is CN(CC(=O)Nc1ccc(OC(F)(F)F)cc1)C(=O)c1c(-n2cccc2)sc2c1CCSC2. The summed E-state index contributed by atoms with van der Waals surface area (Å²) in [5.41, 5.74) is 1.96. The summed E-state index contributed by atoms with van der Waals surface area (Å²) in [4.78, 5) is 28.4. The molecule has 0 saturated carbocycles. The number of benzene rings is 1. The molecule has 3 heterocycles. The van der Waals surface area contributed by atoms with Crippen LogP contribution in [0.5, 0.6) is 5.75 Å². The fourth-order valence-corrected chi connectivity index (χ4v) is 5.95. The Labute approximate surface area is 196 Å². The number of thioether (sulfide) groups is 1. The number of nitrogens with zero attached hydrogens (tertiary/aromatic N) is 2. The maximum Gasteiger partial charge on any atom is 0.573 e. The summed E-state index contributed by atoms with van der Waals surface area (Å²) in [7, 11) is 1.56. The number of likely N-dealkylation sites (N-methyl/N-ethyl adjacent to an activating group) is 1. The third kappa shape index (κ3) is 5.53. The zero-order valence-electron chi connectivity index (χ0n) is 17.5. The molecular formula is C22H20F3N3O3S2. The Kier molecular flexibility index (Phi) is 6.71. The summed E-state index contributed by atoms with van der Waals surface area (Å²) in [6, 6.07) is 8.61. The molecular weight excluding hydrogens is 475 g/mol. The van der Waals surface area contributed by atoms with Gasteiger partial charge in [-0.2, -0.15) is 11.8 Å². The van der Waals surface area contributed by atoms with Gasteiger partial charge in [0, 0.05) is 35.8 Å². The van der Waals surface area contributed by atoms with E-state index >= 15 is 0 Å². The van der Waals surface area contributed by atoms with E-state index in [0.717, 1.165) is 40.6 Å². The number of thiophene rings is 1. The highest BCUT2D eigenvalue weighted by Gasteiger charge is 2.31. The summed E-state index contributed by atoms with van der Waals surface area (Å²) < 4.78 is 42.6. The second-order valence-electron chi connectivity index (χ2n) is 7.36. The van der Waals surface area contributed by atoms with Crippen LogP contribution in [-0.2, 0) is 17.0 Å². The Morgan fingerprint density at radius 1 is 1.18 bits per heavy atom. The molecule has 0 aliphatic carbocycles. The lowest BCUT2D eigenvalue weighted by Gasteiger charge is -2.20. The van der Waals surface area contributed by atoms with Crippen molar-refractivity contribution in [2.45, 2.75) is 18.5 Å². The Morgan fingerprint density at radius 2 is 1.88 bits per heavy atom. The highest BCUT2D eigenvalue weighted by Crippen LogP contribution is 2.38. The molecule has 0 saturated heterocycles. The van der Waals surface area contributed by atoms with Crippen molar-refractivity contribution in [1.82, 2.24) is 9.47 Å². The van der Waals surface area contributed by atoms with E-state index in [9.17, 15) is 22.8 Å². The molecule has 11 heteroatoms. The van der Waals surface area contributed by atoms with Crippen molar-refractivity contribution >= 4 is 40.6 Å². The van der Waals surface area contributed by atoms with E-state index in [1.807, 2.05) is 40.9 Å². The van der Waals surface area contributed by atoms with Gasteiger partial charge in [0.1, 0.15) is 10.8 Å². The van der Waals surface area contributed by atoms with Crippen LogP contribution in [0.3, 0.4) is 0 Å². The molecule has 0 spiro atoms. The van der Waals surface area contributed by atoms with Crippen molar-refractivity contribution in [1.29, 1.82) is 0 Å². The molecule has 2 aromatic heterocycles. The molecule has 1 N–H and O–H groups in total. The minimum atomic E-state index is -4.78. The molecule has 6 nitrogen and oxygen atoms in total. The van der Waals surface area contributed by atoms with E-state index in [0.29, 0.717) is 11.3 Å². The fourth-order valence-electron chi connectivity index (χ4n) is 3.51. The van der Waals surface area contributed by atoms with Gasteiger partial charge in [-0.05, 0) is 54.1 Å². The van der Waals surface area contributed by atoms with Gasteiger partial charge in [0.25, 0.3) is 5.91 Å². The number of halogens is 3. The smallest absolute Gasteiger partial charge is 0.406 e. The average molecular weight is 496 g/mol. The molecule has 0 fully saturated rings. The van der Waals surface area contributed by atoms with Crippen molar-refractivity contribution in [3.8, 4) is 10.8 Å². The average Bonchev–Trinajstić information content (AvgIpc) is 3.41. The Bertz CT molecular complexity index is 1140. The second-order valence-corrected chi connectivity index (χ2v) is 9.55. The lowest BCUT2D eigenvalue weighted by atomic mass is 10.1. The molecule has 0 atom stereocenters. The van der Waals surface area contributed by atoms with Crippen molar-refractivity contribution in [3.05, 3.63) is 64.8 Å². The zero-order valence-corrected chi connectivity index (χ0v) is 19.1. The number of anilines is 1. The van der Waals surface area contributed by atoms with Crippen LogP contribution in [0.1, 0.15) is 20.8 Å². The van der Waals surface area contributed by atoms with Gasteiger partial charge in [0.15, 0.2) is 0 Å². The van der Waals surface area contributed by atoms with Gasteiger partial charge >= 0.3 is 6.36 Å². The fraction of sp³-hybridized carbons (Fsp3) is 0.273. The van der Waals surface area contributed by atoms with Gasteiger partial charge < -0.3 is 19.5 Å². The lowest BCUT2D eigenvalue weighted by molar-refractivity contribution is -0.274. The maximum atomic E-state index is 13.4. The number of aromatic nitrogens is 1. The first-order valence-electron chi connectivity index (χ1n) is 9.98. The van der Waals surface area contributed by atoms with Crippen LogP contribution in [0, 0.1) is 0 Å². The van der Waals surface area contributed by atoms with Gasteiger partial charge in [0.05, 0.1) is 12.1 Å². The number of ether oxygens (including phenoxy) is 1. The number of hydrogen-bond acceptors (Lipinski definition) is 5. The Morgan fingerprint density at radius 3 is 2.55 bits per heavy atom. The van der Waals surface area contributed by atoms with E-state index in [4.69, 9.17) is 0 Å². The molecule has 3 aromatic rings. The molecule has 174 valence electrons. The molecule has 1 aliphatic rings. The number of hydrogen-bond donors (Lipinski definition) is 1. The van der Waals surface area contributed by atoms with Crippen molar-refractivity contribution in [2.24, 2.45) is 0 Å². The second kappa shape index (κ2) is 9.52. The van der Waals surface area contributed by atoms with Crippen LogP contribution in [0.25, 0.3) is 5.00 Å². The highest BCUT2D eigenvalue weighted by atomic mass is 32.2. The monoisotopic (exact) mass is 495 g/mol. The number of rotatable bonds is 6.